The molecule has 2 aliphatic heterocycles. The monoisotopic (exact) mass is 524 g/mol. The van der Waals surface area contributed by atoms with Gasteiger partial charge in [0, 0.05) is 12.8 Å². The van der Waals surface area contributed by atoms with Gasteiger partial charge in [-0.3, -0.25) is 9.59 Å². The molecule has 0 radical (unpaired) electrons. The number of aryl methyl sites for hydroxylation is 1. The van der Waals surface area contributed by atoms with Crippen molar-refractivity contribution in [2.75, 3.05) is 14.2 Å². The molecule has 2 aromatic rings. The summed E-state index contributed by atoms with van der Waals surface area (Å²) in [6, 6.07) is 11.6. The van der Waals surface area contributed by atoms with E-state index in [1.165, 1.54) is 14.2 Å². The molecule has 0 N–H and O–H groups in total. The van der Waals surface area contributed by atoms with E-state index in [1.807, 2.05) is 36.4 Å². The largest absolute Gasteiger partial charge is 0.490 e. The average Bonchev–Trinajstić information content (AvgIpc) is 2.94. The number of methoxy groups -OCH3 is 2. The fraction of sp³-hybridized carbons (Fsp3) is 0.467. The first-order valence-corrected chi connectivity index (χ1v) is 13.0. The van der Waals surface area contributed by atoms with Gasteiger partial charge in [0.2, 0.25) is 0 Å². The number of carbonyl (C=O) groups is 4. The topological polar surface area (TPSA) is 105 Å². The molecule has 0 amide bonds. The second kappa shape index (κ2) is 14.9. The van der Waals surface area contributed by atoms with E-state index in [0.717, 1.165) is 84.9 Å². The zero-order valence-electron chi connectivity index (χ0n) is 22.1. The average molecular weight is 525 g/mol. The number of aldehydes is 2. The van der Waals surface area contributed by atoms with Crippen LogP contribution in [-0.4, -0.2) is 50.9 Å². The van der Waals surface area contributed by atoms with Crippen LogP contribution in [0.15, 0.2) is 36.4 Å². The lowest BCUT2D eigenvalue weighted by Crippen LogP contribution is -2.24. The van der Waals surface area contributed by atoms with Crippen LogP contribution >= 0.6 is 0 Å². The Balaban J connectivity index is 0.000000211. The second-order valence-corrected chi connectivity index (χ2v) is 9.39. The van der Waals surface area contributed by atoms with Gasteiger partial charge in [0.05, 0.1) is 39.3 Å². The number of hydrogen-bond acceptors (Lipinski definition) is 8. The summed E-state index contributed by atoms with van der Waals surface area (Å²) in [7, 11) is 2.77. The fourth-order valence-corrected chi connectivity index (χ4v) is 4.68. The summed E-state index contributed by atoms with van der Waals surface area (Å²) >= 11 is 0. The van der Waals surface area contributed by atoms with Crippen LogP contribution in [0.1, 0.15) is 60.8 Å². The van der Waals surface area contributed by atoms with Crippen LogP contribution in [-0.2, 0) is 54.3 Å². The Labute approximate surface area is 223 Å². The molecule has 8 nitrogen and oxygen atoms in total. The van der Waals surface area contributed by atoms with Crippen LogP contribution < -0.4 is 9.47 Å². The SMILES string of the molecule is COC(=O)Cc1ccc2c(c1)OC(CCC=O)CC2.COC(=O)Cc1cccc2c1CCC(CCC=O)O2. The minimum absolute atomic E-state index is 0.103. The van der Waals surface area contributed by atoms with Gasteiger partial charge in [-0.25, -0.2) is 0 Å². The van der Waals surface area contributed by atoms with Gasteiger partial charge in [-0.15, -0.1) is 0 Å². The zero-order chi connectivity index (χ0) is 27.3. The van der Waals surface area contributed by atoms with E-state index >= 15 is 0 Å². The number of esters is 2. The van der Waals surface area contributed by atoms with Gasteiger partial charge < -0.3 is 28.5 Å². The van der Waals surface area contributed by atoms with Crippen molar-refractivity contribution in [3.63, 3.8) is 0 Å². The highest BCUT2D eigenvalue weighted by atomic mass is 16.5. The van der Waals surface area contributed by atoms with Crippen molar-refractivity contribution in [1.29, 1.82) is 0 Å². The first-order chi connectivity index (χ1) is 18.5. The number of carbonyl (C=O) groups excluding carboxylic acids is 4. The molecule has 38 heavy (non-hydrogen) atoms. The maximum absolute atomic E-state index is 11.4. The molecule has 2 aromatic carbocycles. The van der Waals surface area contributed by atoms with Crippen LogP contribution in [0.5, 0.6) is 11.5 Å². The number of hydrogen-bond donors (Lipinski definition) is 0. The van der Waals surface area contributed by atoms with Crippen LogP contribution in [0.3, 0.4) is 0 Å². The first-order valence-electron chi connectivity index (χ1n) is 13.0. The fourth-order valence-electron chi connectivity index (χ4n) is 4.68. The van der Waals surface area contributed by atoms with Crippen molar-refractivity contribution in [2.45, 2.75) is 76.4 Å². The van der Waals surface area contributed by atoms with E-state index in [1.54, 1.807) is 0 Å². The van der Waals surface area contributed by atoms with Crippen LogP contribution in [0.2, 0.25) is 0 Å². The number of ether oxygens (including phenoxy) is 4. The number of fused-ring (bicyclic) bond motifs is 2. The third-order valence-corrected chi connectivity index (χ3v) is 6.75. The normalized spacial score (nSPS) is 17.2. The molecular formula is C30H36O8. The lowest BCUT2D eigenvalue weighted by Gasteiger charge is -2.27. The highest BCUT2D eigenvalue weighted by molar-refractivity contribution is 5.73. The number of benzene rings is 2. The summed E-state index contributed by atoms with van der Waals surface area (Å²) in [4.78, 5) is 43.4. The van der Waals surface area contributed by atoms with Crippen molar-refractivity contribution >= 4 is 24.5 Å². The summed E-state index contributed by atoms with van der Waals surface area (Å²) in [5.41, 5.74) is 4.12. The molecule has 0 bridgehead atoms. The molecule has 0 aliphatic carbocycles. The van der Waals surface area contributed by atoms with Crippen molar-refractivity contribution in [1.82, 2.24) is 0 Å². The third kappa shape index (κ3) is 8.43. The summed E-state index contributed by atoms with van der Waals surface area (Å²) in [6.07, 6.45) is 8.82. The van der Waals surface area contributed by atoms with Crippen molar-refractivity contribution < 1.29 is 38.1 Å². The minimum Gasteiger partial charge on any atom is -0.490 e. The molecule has 2 aliphatic rings. The molecule has 8 heteroatoms. The Morgan fingerprint density at radius 3 is 2.13 bits per heavy atom. The molecule has 2 atom stereocenters. The molecule has 0 fully saturated rings. The van der Waals surface area contributed by atoms with E-state index in [4.69, 9.17) is 14.2 Å². The van der Waals surface area contributed by atoms with Gasteiger partial charge in [0.1, 0.15) is 24.1 Å². The van der Waals surface area contributed by atoms with E-state index in [9.17, 15) is 19.2 Å². The minimum atomic E-state index is -0.256. The van der Waals surface area contributed by atoms with Gasteiger partial charge in [0.15, 0.2) is 0 Å². The molecule has 0 aromatic heterocycles. The third-order valence-electron chi connectivity index (χ3n) is 6.75. The summed E-state index contributed by atoms with van der Waals surface area (Å²) in [6.45, 7) is 0. The van der Waals surface area contributed by atoms with Crippen molar-refractivity contribution in [3.8, 4) is 11.5 Å². The molecule has 2 unspecified atom stereocenters. The van der Waals surface area contributed by atoms with Crippen molar-refractivity contribution in [3.05, 3.63) is 58.7 Å². The molecule has 4 rings (SSSR count). The van der Waals surface area contributed by atoms with E-state index in [0.29, 0.717) is 12.8 Å². The van der Waals surface area contributed by atoms with Gasteiger partial charge >= 0.3 is 11.9 Å². The van der Waals surface area contributed by atoms with Gasteiger partial charge in [-0.1, -0.05) is 24.3 Å². The quantitative estimate of drug-likeness (QED) is 0.337. The Kier molecular flexibility index (Phi) is 11.3. The molecule has 2 heterocycles. The van der Waals surface area contributed by atoms with Gasteiger partial charge in [0.25, 0.3) is 0 Å². The Bertz CT molecular complexity index is 1100. The molecule has 204 valence electrons. The van der Waals surface area contributed by atoms with Crippen LogP contribution in [0.4, 0.5) is 0 Å². The molecule has 0 saturated carbocycles. The highest BCUT2D eigenvalue weighted by Gasteiger charge is 2.22. The van der Waals surface area contributed by atoms with Crippen LogP contribution in [0, 0.1) is 0 Å². The summed E-state index contributed by atoms with van der Waals surface area (Å²) in [5.74, 6) is 1.18. The smallest absolute Gasteiger partial charge is 0.309 e. The van der Waals surface area contributed by atoms with Gasteiger partial charge in [-0.05, 0) is 72.9 Å². The highest BCUT2D eigenvalue weighted by Crippen LogP contribution is 2.32. The predicted octanol–water partition coefficient (Wildman–Crippen LogP) is 4.15. The van der Waals surface area contributed by atoms with Crippen molar-refractivity contribution in [2.24, 2.45) is 0 Å². The summed E-state index contributed by atoms with van der Waals surface area (Å²) in [5, 5.41) is 0. The standard InChI is InChI=1S/2C15H18O4/c1-18-15(17)10-11-4-2-6-14-13(11)8-7-12(19-14)5-3-9-16;1-18-15(17)10-11-4-5-12-6-7-13(3-2-8-16)19-14(12)9-11/h2,4,6,9,12H,3,5,7-8,10H2,1H3;4-5,8-9,13H,2-3,6-7,10H2,1H3. The maximum Gasteiger partial charge on any atom is 0.309 e. The van der Waals surface area contributed by atoms with E-state index in [-0.39, 0.29) is 37.0 Å². The van der Waals surface area contributed by atoms with Crippen LogP contribution in [0.25, 0.3) is 0 Å². The Morgan fingerprint density at radius 2 is 1.47 bits per heavy atom. The molecule has 0 spiro atoms. The Morgan fingerprint density at radius 1 is 0.842 bits per heavy atom. The predicted molar refractivity (Wildman–Crippen MR) is 140 cm³/mol. The zero-order valence-corrected chi connectivity index (χ0v) is 22.1. The van der Waals surface area contributed by atoms with E-state index in [2.05, 4.69) is 4.74 Å². The van der Waals surface area contributed by atoms with Gasteiger partial charge in [-0.2, -0.15) is 0 Å². The summed E-state index contributed by atoms with van der Waals surface area (Å²) < 4.78 is 21.1. The molecule has 0 saturated heterocycles. The number of rotatable bonds is 10. The maximum atomic E-state index is 11.4. The van der Waals surface area contributed by atoms with E-state index < -0.39 is 0 Å². The Hall–Kier alpha value is -3.68. The second-order valence-electron chi connectivity index (χ2n) is 9.39. The lowest BCUT2D eigenvalue weighted by molar-refractivity contribution is -0.140. The molecular weight excluding hydrogens is 488 g/mol. The first kappa shape index (κ1) is 28.9. The lowest BCUT2D eigenvalue weighted by atomic mass is 9.94.